The number of rotatable bonds is 6. The van der Waals surface area contributed by atoms with E-state index in [1.54, 1.807) is 23.1 Å². The van der Waals surface area contributed by atoms with E-state index in [4.69, 9.17) is 9.47 Å². The zero-order valence-electron chi connectivity index (χ0n) is 28.3. The fraction of sp³-hybridized carbons (Fsp3) is 0.400. The molecule has 4 heterocycles. The maximum Gasteiger partial charge on any atom is 0.313 e. The van der Waals surface area contributed by atoms with Gasteiger partial charge in [-0.1, -0.05) is 98.8 Å². The Labute approximate surface area is 291 Å². The number of benzene rings is 3. The Hall–Kier alpha value is -4.80. The lowest BCUT2D eigenvalue weighted by Gasteiger charge is -2.39. The molecule has 2 saturated heterocycles. The van der Waals surface area contributed by atoms with Gasteiger partial charge in [0.25, 0.3) is 5.91 Å². The van der Waals surface area contributed by atoms with Crippen molar-refractivity contribution in [2.24, 2.45) is 17.8 Å². The highest BCUT2D eigenvalue weighted by molar-refractivity contribution is 6.06. The minimum absolute atomic E-state index is 0.0646. The molecule has 260 valence electrons. The SMILES string of the molecule is CC(C)C[C@H](CO)N1C(=O)[C@@H]2[C@H]3C(=O)O[C@H](c4ccccc4)CNC(=O)CC/C=C\[C@H]3O[C@@]23C=CCN(c2ccc4ccccc4c2)C(=O)[C@@H]13. The lowest BCUT2D eigenvalue weighted by molar-refractivity contribution is -0.160. The number of anilines is 1. The van der Waals surface area contributed by atoms with Gasteiger partial charge < -0.3 is 29.7 Å². The monoisotopic (exact) mass is 677 g/mol. The molecule has 3 aromatic carbocycles. The summed E-state index contributed by atoms with van der Waals surface area (Å²) >= 11 is 0. The molecule has 0 saturated carbocycles. The van der Waals surface area contributed by atoms with Crippen LogP contribution < -0.4 is 10.2 Å². The number of carbonyl (C=O) groups excluding carboxylic acids is 4. The molecule has 10 heteroatoms. The van der Waals surface area contributed by atoms with Gasteiger partial charge in [0.05, 0.1) is 31.2 Å². The van der Waals surface area contributed by atoms with Crippen molar-refractivity contribution in [3.8, 4) is 0 Å². The lowest BCUT2D eigenvalue weighted by atomic mass is 9.77. The fourth-order valence-electron chi connectivity index (χ4n) is 8.14. The summed E-state index contributed by atoms with van der Waals surface area (Å²) in [6.07, 6.45) is 6.50. The van der Waals surface area contributed by atoms with Crippen LogP contribution in [-0.2, 0) is 28.7 Å². The van der Waals surface area contributed by atoms with Crippen LogP contribution in [0.4, 0.5) is 5.69 Å². The molecule has 50 heavy (non-hydrogen) atoms. The van der Waals surface area contributed by atoms with Crippen LogP contribution in [0.1, 0.15) is 44.8 Å². The van der Waals surface area contributed by atoms with Gasteiger partial charge in [-0.2, -0.15) is 0 Å². The molecule has 2 N–H and O–H groups in total. The van der Waals surface area contributed by atoms with E-state index in [-0.39, 0.29) is 43.8 Å². The molecule has 2 fully saturated rings. The number of likely N-dealkylation sites (tertiary alicyclic amines) is 1. The number of nitrogens with one attached hydrogen (secondary N) is 1. The number of fused-ring (bicyclic) bond motifs is 3. The van der Waals surface area contributed by atoms with Crippen molar-refractivity contribution in [1.82, 2.24) is 10.2 Å². The predicted molar refractivity (Wildman–Crippen MR) is 188 cm³/mol. The molecule has 7 atom stereocenters. The first-order valence-corrected chi connectivity index (χ1v) is 17.5. The Kier molecular flexibility index (Phi) is 9.32. The van der Waals surface area contributed by atoms with Gasteiger partial charge in [-0.25, -0.2) is 0 Å². The zero-order valence-corrected chi connectivity index (χ0v) is 28.3. The second kappa shape index (κ2) is 13.8. The Balaban J connectivity index is 1.33. The normalized spacial score (nSPS) is 29.7. The third kappa shape index (κ3) is 6.00. The summed E-state index contributed by atoms with van der Waals surface area (Å²) < 4.78 is 13.0. The van der Waals surface area contributed by atoms with Gasteiger partial charge in [-0.3, -0.25) is 19.2 Å². The largest absolute Gasteiger partial charge is 0.455 e. The van der Waals surface area contributed by atoms with Crippen molar-refractivity contribution in [2.45, 2.75) is 63.0 Å². The highest BCUT2D eigenvalue weighted by Crippen LogP contribution is 2.54. The average Bonchev–Trinajstić information content (AvgIpc) is 3.51. The number of esters is 1. The van der Waals surface area contributed by atoms with E-state index >= 15 is 4.79 Å². The summed E-state index contributed by atoms with van der Waals surface area (Å²) in [6, 6.07) is 21.0. The van der Waals surface area contributed by atoms with E-state index in [0.717, 1.165) is 10.8 Å². The number of hydrogen-bond donors (Lipinski definition) is 2. The standard InChI is InChI=1S/C40H43N3O7/c1-25(2)21-30(24-44)43-36-38(47)42(29-18-17-26-11-6-7-14-28(26)22-29)20-10-19-40(36)35(37(43)46)34-31(50-40)15-8-9-16-33(45)41-23-32(49-39(34)48)27-12-4-3-5-13-27/h3-8,10-15,17-19,22,25,30-32,34-36,44H,9,16,20-21,23-24H2,1-2H3,(H,41,45)/b15-8-/t30-,31-,32+,34+,35+,36-,40+/m1/s1. The number of cyclic esters (lactones) is 1. The lowest BCUT2D eigenvalue weighted by Crippen LogP contribution is -2.58. The minimum Gasteiger partial charge on any atom is -0.455 e. The molecular formula is C40H43N3O7. The molecule has 0 aliphatic carbocycles. The molecule has 0 radical (unpaired) electrons. The second-order valence-corrected chi connectivity index (χ2v) is 14.0. The molecule has 7 rings (SSSR count). The predicted octanol–water partition coefficient (Wildman–Crippen LogP) is 4.48. The van der Waals surface area contributed by atoms with Crippen LogP contribution >= 0.6 is 0 Å². The summed E-state index contributed by atoms with van der Waals surface area (Å²) in [6.45, 7) is 3.93. The number of aliphatic hydroxyl groups excluding tert-OH is 1. The Morgan fingerprint density at radius 2 is 1.70 bits per heavy atom. The van der Waals surface area contributed by atoms with Crippen molar-refractivity contribution < 1.29 is 33.8 Å². The molecular weight excluding hydrogens is 634 g/mol. The minimum atomic E-state index is -1.51. The molecule has 3 aromatic rings. The zero-order chi connectivity index (χ0) is 35.0. The Morgan fingerprint density at radius 1 is 0.940 bits per heavy atom. The van der Waals surface area contributed by atoms with Crippen LogP contribution in [0, 0.1) is 17.8 Å². The third-order valence-corrected chi connectivity index (χ3v) is 10.4. The topological polar surface area (TPSA) is 125 Å². The number of hydrogen-bond acceptors (Lipinski definition) is 7. The quantitative estimate of drug-likeness (QED) is 0.291. The number of nitrogens with zero attached hydrogens (tertiary/aromatic N) is 2. The highest BCUT2D eigenvalue weighted by Gasteiger charge is 2.72. The molecule has 1 spiro atoms. The van der Waals surface area contributed by atoms with Crippen molar-refractivity contribution in [1.29, 1.82) is 0 Å². The van der Waals surface area contributed by atoms with Crippen LogP contribution in [0.2, 0.25) is 0 Å². The van der Waals surface area contributed by atoms with Crippen molar-refractivity contribution in [3.05, 3.63) is 103 Å². The van der Waals surface area contributed by atoms with Crippen molar-refractivity contribution >= 4 is 40.2 Å². The smallest absolute Gasteiger partial charge is 0.313 e. The number of ether oxygens (including phenoxy) is 2. The Morgan fingerprint density at radius 3 is 2.46 bits per heavy atom. The summed E-state index contributed by atoms with van der Waals surface area (Å²) in [4.78, 5) is 60.2. The number of carbonyl (C=O) groups is 4. The van der Waals surface area contributed by atoms with Crippen molar-refractivity contribution in [3.63, 3.8) is 0 Å². The van der Waals surface area contributed by atoms with Gasteiger partial charge in [0.2, 0.25) is 11.8 Å². The van der Waals surface area contributed by atoms with Gasteiger partial charge in [-0.05, 0) is 47.2 Å². The molecule has 4 aliphatic rings. The number of aliphatic hydroxyl groups is 1. The van der Waals surface area contributed by atoms with E-state index in [2.05, 4.69) is 5.32 Å². The molecule has 4 aliphatic heterocycles. The first-order valence-electron chi connectivity index (χ1n) is 17.5. The van der Waals surface area contributed by atoms with Crippen LogP contribution in [0.15, 0.2) is 97.1 Å². The molecule has 0 aromatic heterocycles. The van der Waals surface area contributed by atoms with Gasteiger partial charge >= 0.3 is 5.97 Å². The van der Waals surface area contributed by atoms with Crippen LogP contribution in [0.5, 0.6) is 0 Å². The first-order chi connectivity index (χ1) is 24.2. The second-order valence-electron chi connectivity index (χ2n) is 14.0. The van der Waals surface area contributed by atoms with E-state index in [1.165, 1.54) is 4.90 Å². The van der Waals surface area contributed by atoms with E-state index in [9.17, 15) is 19.5 Å². The highest BCUT2D eigenvalue weighted by atomic mass is 16.6. The third-order valence-electron chi connectivity index (χ3n) is 10.4. The first kappa shape index (κ1) is 33.7. The molecule has 3 amide bonds. The number of allylic oxidation sites excluding steroid dienone is 1. The van der Waals surface area contributed by atoms with E-state index < -0.39 is 53.6 Å². The summed E-state index contributed by atoms with van der Waals surface area (Å²) in [5, 5.41) is 15.6. The molecule has 10 nitrogen and oxygen atoms in total. The fourth-order valence-corrected chi connectivity index (χ4v) is 8.14. The molecule has 0 unspecified atom stereocenters. The summed E-state index contributed by atoms with van der Waals surface area (Å²) in [5.74, 6) is -3.69. The van der Waals surface area contributed by atoms with Crippen LogP contribution in [0.3, 0.4) is 0 Å². The van der Waals surface area contributed by atoms with E-state index in [0.29, 0.717) is 24.1 Å². The summed E-state index contributed by atoms with van der Waals surface area (Å²) in [5.41, 5.74) is -0.148. The average molecular weight is 678 g/mol. The maximum atomic E-state index is 15.0. The Bertz CT molecular complexity index is 1840. The van der Waals surface area contributed by atoms with Gasteiger partial charge in [0.1, 0.15) is 23.7 Å². The summed E-state index contributed by atoms with van der Waals surface area (Å²) in [7, 11) is 0. The number of amides is 3. The van der Waals surface area contributed by atoms with Gasteiger partial charge in [0.15, 0.2) is 0 Å². The van der Waals surface area contributed by atoms with Gasteiger partial charge in [0, 0.05) is 18.7 Å². The molecule has 0 bridgehead atoms. The van der Waals surface area contributed by atoms with E-state index in [1.807, 2.05) is 92.7 Å². The van der Waals surface area contributed by atoms with Crippen LogP contribution in [0.25, 0.3) is 10.8 Å². The van der Waals surface area contributed by atoms with Crippen molar-refractivity contribution in [2.75, 3.05) is 24.6 Å². The van der Waals surface area contributed by atoms with Crippen LogP contribution in [-0.4, -0.2) is 77.2 Å². The van der Waals surface area contributed by atoms with Gasteiger partial charge in [-0.15, -0.1) is 0 Å². The maximum absolute atomic E-state index is 15.0.